The second-order valence-corrected chi connectivity index (χ2v) is 9.86. The Bertz CT molecular complexity index is 770. The first-order valence-electron chi connectivity index (χ1n) is 10.6. The quantitative estimate of drug-likeness (QED) is 0.661. The molecule has 0 radical (unpaired) electrons. The van der Waals surface area contributed by atoms with Gasteiger partial charge in [0.2, 0.25) is 5.88 Å². The van der Waals surface area contributed by atoms with E-state index in [0.29, 0.717) is 30.9 Å². The molecular weight excluding hydrogens is 394 g/mol. The van der Waals surface area contributed by atoms with Crippen molar-refractivity contribution in [3.8, 4) is 5.88 Å². The van der Waals surface area contributed by atoms with Crippen molar-refractivity contribution in [3.63, 3.8) is 0 Å². The van der Waals surface area contributed by atoms with Gasteiger partial charge in [0.25, 0.3) is 10.1 Å². The highest BCUT2D eigenvalue weighted by Crippen LogP contribution is 2.31. The number of pyridine rings is 1. The summed E-state index contributed by atoms with van der Waals surface area (Å²) in [6.07, 6.45) is 8.90. The van der Waals surface area contributed by atoms with Crippen molar-refractivity contribution in [2.75, 3.05) is 37.3 Å². The molecule has 29 heavy (non-hydrogen) atoms. The van der Waals surface area contributed by atoms with E-state index in [1.165, 1.54) is 0 Å². The van der Waals surface area contributed by atoms with Gasteiger partial charge in [0.15, 0.2) is 0 Å². The lowest BCUT2D eigenvalue weighted by Gasteiger charge is -2.38. The molecule has 0 bridgehead atoms. The number of aromatic nitrogens is 1. The van der Waals surface area contributed by atoms with Crippen LogP contribution in [0, 0.1) is 0 Å². The maximum Gasteiger partial charge on any atom is 0.264 e. The van der Waals surface area contributed by atoms with Crippen molar-refractivity contribution < 1.29 is 22.1 Å². The summed E-state index contributed by atoms with van der Waals surface area (Å²) in [6, 6.07) is 3.94. The standard InChI is InChI=1S/C20H31N3O5S/c1-29(24,25)28-17-5-10-23(11-6-17)15-2-9-22-20(12-15)27-19-13-18(14-19)26-16-3-7-21-8-4-16/h2,9,12,16-19,21H,3-8,10-11,13-14H2,1H3/t18-,19-. The number of anilines is 1. The van der Waals surface area contributed by atoms with E-state index in [9.17, 15) is 8.42 Å². The second-order valence-electron chi connectivity index (χ2n) is 8.26. The van der Waals surface area contributed by atoms with E-state index in [0.717, 1.165) is 63.8 Å². The summed E-state index contributed by atoms with van der Waals surface area (Å²) in [6.45, 7) is 3.59. The number of rotatable bonds is 7. The lowest BCUT2D eigenvalue weighted by Crippen LogP contribution is -2.43. The molecule has 8 nitrogen and oxygen atoms in total. The lowest BCUT2D eigenvalue weighted by atomic mass is 9.91. The second kappa shape index (κ2) is 9.16. The summed E-state index contributed by atoms with van der Waals surface area (Å²) in [5.74, 6) is 0.641. The monoisotopic (exact) mass is 425 g/mol. The molecule has 3 fully saturated rings. The largest absolute Gasteiger partial charge is 0.474 e. The molecule has 2 aliphatic heterocycles. The number of piperidine rings is 2. The Morgan fingerprint density at radius 3 is 2.45 bits per heavy atom. The molecule has 0 unspecified atom stereocenters. The fraction of sp³-hybridized carbons (Fsp3) is 0.750. The minimum Gasteiger partial charge on any atom is -0.474 e. The predicted octanol–water partition coefficient (Wildman–Crippen LogP) is 1.70. The molecule has 162 valence electrons. The molecule has 1 aliphatic carbocycles. The maximum atomic E-state index is 11.3. The molecule has 2 saturated heterocycles. The number of nitrogens with one attached hydrogen (secondary N) is 1. The predicted molar refractivity (Wildman–Crippen MR) is 110 cm³/mol. The highest BCUT2D eigenvalue weighted by atomic mass is 32.2. The van der Waals surface area contributed by atoms with Crippen LogP contribution in [0.5, 0.6) is 5.88 Å². The van der Waals surface area contributed by atoms with Gasteiger partial charge >= 0.3 is 0 Å². The van der Waals surface area contributed by atoms with Gasteiger partial charge in [-0.25, -0.2) is 4.98 Å². The minimum absolute atomic E-state index is 0.165. The highest BCUT2D eigenvalue weighted by molar-refractivity contribution is 7.86. The summed E-state index contributed by atoms with van der Waals surface area (Å²) >= 11 is 0. The molecule has 0 amide bonds. The normalized spacial score (nSPS) is 26.9. The van der Waals surface area contributed by atoms with Gasteiger partial charge in [0.1, 0.15) is 6.10 Å². The average Bonchev–Trinajstić information content (AvgIpc) is 2.67. The van der Waals surface area contributed by atoms with Crippen LogP contribution < -0.4 is 15.0 Å². The summed E-state index contributed by atoms with van der Waals surface area (Å²) < 4.78 is 39.9. The van der Waals surface area contributed by atoms with Crippen molar-refractivity contribution in [2.24, 2.45) is 0 Å². The summed E-state index contributed by atoms with van der Waals surface area (Å²) in [5.41, 5.74) is 1.05. The first kappa shape index (κ1) is 20.8. The summed E-state index contributed by atoms with van der Waals surface area (Å²) in [7, 11) is -3.40. The van der Waals surface area contributed by atoms with Gasteiger partial charge in [-0.2, -0.15) is 8.42 Å². The Hall–Kier alpha value is -1.42. The zero-order chi connectivity index (χ0) is 20.3. The van der Waals surface area contributed by atoms with E-state index in [-0.39, 0.29) is 12.2 Å². The smallest absolute Gasteiger partial charge is 0.264 e. The zero-order valence-electron chi connectivity index (χ0n) is 17.0. The van der Waals surface area contributed by atoms with Gasteiger partial charge in [0.05, 0.1) is 24.6 Å². The first-order valence-corrected chi connectivity index (χ1v) is 12.4. The molecule has 0 aromatic carbocycles. The Labute approximate surface area is 173 Å². The zero-order valence-corrected chi connectivity index (χ0v) is 17.8. The number of hydrogen-bond acceptors (Lipinski definition) is 8. The van der Waals surface area contributed by atoms with Gasteiger partial charge in [-0.1, -0.05) is 0 Å². The van der Waals surface area contributed by atoms with Crippen LogP contribution in [-0.4, -0.2) is 70.3 Å². The molecule has 9 heteroatoms. The van der Waals surface area contributed by atoms with Crippen LogP contribution >= 0.6 is 0 Å². The molecular formula is C20H31N3O5S. The van der Waals surface area contributed by atoms with Gasteiger partial charge in [-0.15, -0.1) is 0 Å². The lowest BCUT2D eigenvalue weighted by molar-refractivity contribution is -0.103. The van der Waals surface area contributed by atoms with Crippen LogP contribution in [0.1, 0.15) is 38.5 Å². The van der Waals surface area contributed by atoms with E-state index < -0.39 is 10.1 Å². The molecule has 4 rings (SSSR count). The van der Waals surface area contributed by atoms with Crippen molar-refractivity contribution in [1.82, 2.24) is 10.3 Å². The summed E-state index contributed by atoms with van der Waals surface area (Å²) in [4.78, 5) is 6.58. The fourth-order valence-corrected chi connectivity index (χ4v) is 4.90. The molecule has 1 saturated carbocycles. The van der Waals surface area contributed by atoms with E-state index in [1.54, 1.807) is 6.20 Å². The highest BCUT2D eigenvalue weighted by Gasteiger charge is 2.34. The van der Waals surface area contributed by atoms with Crippen LogP contribution in [0.2, 0.25) is 0 Å². The number of ether oxygens (including phenoxy) is 2. The van der Waals surface area contributed by atoms with Crippen LogP contribution in [0.15, 0.2) is 18.3 Å². The Kier molecular flexibility index (Phi) is 6.58. The first-order chi connectivity index (χ1) is 13.9. The Morgan fingerprint density at radius 1 is 1.03 bits per heavy atom. The van der Waals surface area contributed by atoms with E-state index in [4.69, 9.17) is 13.7 Å². The molecule has 1 aromatic rings. The fourth-order valence-electron chi connectivity index (χ4n) is 4.22. The van der Waals surface area contributed by atoms with Gasteiger partial charge in [-0.05, 0) is 44.8 Å². The third-order valence-corrected chi connectivity index (χ3v) is 6.47. The third-order valence-electron chi connectivity index (χ3n) is 5.85. The molecule has 1 N–H and O–H groups in total. The molecule has 1 aromatic heterocycles. The van der Waals surface area contributed by atoms with Crippen molar-refractivity contribution in [1.29, 1.82) is 0 Å². The number of hydrogen-bond donors (Lipinski definition) is 1. The van der Waals surface area contributed by atoms with E-state index >= 15 is 0 Å². The van der Waals surface area contributed by atoms with Crippen LogP contribution in [0.3, 0.4) is 0 Å². The van der Waals surface area contributed by atoms with Crippen molar-refractivity contribution >= 4 is 15.8 Å². The average molecular weight is 426 g/mol. The topological polar surface area (TPSA) is 90.0 Å². The van der Waals surface area contributed by atoms with Crippen molar-refractivity contribution in [2.45, 2.75) is 62.9 Å². The van der Waals surface area contributed by atoms with E-state index in [1.807, 2.05) is 12.1 Å². The van der Waals surface area contributed by atoms with Gasteiger partial charge in [-0.3, -0.25) is 4.18 Å². The number of nitrogens with zero attached hydrogens (tertiary/aromatic N) is 2. The SMILES string of the molecule is CS(=O)(=O)OC1CCN(c2ccnc(O[C@H]3C[C@H](OC4CCNCC4)C3)c2)CC1. The van der Waals surface area contributed by atoms with Crippen LogP contribution in [0.4, 0.5) is 5.69 Å². The van der Waals surface area contributed by atoms with Crippen LogP contribution in [0.25, 0.3) is 0 Å². The molecule has 3 heterocycles. The van der Waals surface area contributed by atoms with E-state index in [2.05, 4.69) is 15.2 Å². The Balaban J connectivity index is 1.22. The van der Waals surface area contributed by atoms with Crippen LogP contribution in [-0.2, 0) is 19.0 Å². The minimum atomic E-state index is -3.40. The molecule has 0 atom stereocenters. The van der Waals surface area contributed by atoms with Crippen molar-refractivity contribution in [3.05, 3.63) is 18.3 Å². The van der Waals surface area contributed by atoms with Gasteiger partial charge in [0, 0.05) is 43.9 Å². The summed E-state index contributed by atoms with van der Waals surface area (Å²) in [5, 5.41) is 3.36. The van der Waals surface area contributed by atoms with Gasteiger partial charge < -0.3 is 19.7 Å². The molecule has 3 aliphatic rings. The maximum absolute atomic E-state index is 11.3. The Morgan fingerprint density at radius 2 is 1.76 bits per heavy atom. The molecule has 0 spiro atoms. The third kappa shape index (κ3) is 6.04.